The Hall–Kier alpha value is -1.95. The van der Waals surface area contributed by atoms with Gasteiger partial charge in [0.2, 0.25) is 0 Å². The Morgan fingerprint density at radius 2 is 1.36 bits per heavy atom. The molecule has 6 N–H and O–H groups in total. The highest BCUT2D eigenvalue weighted by molar-refractivity contribution is 5.70. The van der Waals surface area contributed by atoms with E-state index in [-0.39, 0.29) is 38.9 Å². The van der Waals surface area contributed by atoms with Crippen molar-refractivity contribution in [1.29, 1.82) is 0 Å². The fourth-order valence-electron chi connectivity index (χ4n) is 6.62. The number of hydrogen-bond acceptors (Lipinski definition) is 14. The Bertz CT molecular complexity index is 999. The molecule has 0 aromatic heterocycles. The molecule has 0 spiro atoms. The number of carbonyl (C=O) groups is 3. The van der Waals surface area contributed by atoms with Gasteiger partial charge in [-0.1, -0.05) is 90.4 Å². The highest BCUT2D eigenvalue weighted by Crippen LogP contribution is 2.31. The van der Waals surface area contributed by atoms with Crippen molar-refractivity contribution in [1.82, 2.24) is 0 Å². The van der Waals surface area contributed by atoms with E-state index in [4.69, 9.17) is 33.5 Å². The predicted molar refractivity (Wildman–Crippen MR) is 191 cm³/mol. The van der Waals surface area contributed by atoms with Gasteiger partial charge in [-0.05, 0) is 19.3 Å². The van der Waals surface area contributed by atoms with Crippen molar-refractivity contribution in [3.05, 3.63) is 0 Å². The molecule has 310 valence electrons. The predicted octanol–water partition coefficient (Wildman–Crippen LogP) is 3.66. The van der Waals surface area contributed by atoms with Crippen LogP contribution in [0.15, 0.2) is 0 Å². The standard InChI is InChI=1S/C38H68O15/c1-3-4-14-17-27(41)20-34(47)52-37-30(43)21-29(23-39)50-38(37)53-36-31(44)22-35(51-32(36)25-48-26(2)40)49-24-28(42)18-15-12-10-8-6-5-7-9-11-13-16-19-33(45)46/h27-32,35-39,41-44H,3-25H2,1-2H3,(H,45,46). The minimum absolute atomic E-state index is 0.0336. The van der Waals surface area contributed by atoms with E-state index in [1.807, 2.05) is 6.92 Å². The zero-order valence-corrected chi connectivity index (χ0v) is 31.9. The van der Waals surface area contributed by atoms with Gasteiger partial charge >= 0.3 is 17.9 Å². The molecule has 10 atom stereocenters. The maximum absolute atomic E-state index is 12.7. The van der Waals surface area contributed by atoms with Crippen molar-refractivity contribution in [2.24, 2.45) is 0 Å². The summed E-state index contributed by atoms with van der Waals surface area (Å²) in [5.74, 6) is -2.10. The van der Waals surface area contributed by atoms with E-state index in [1.54, 1.807) is 0 Å². The van der Waals surface area contributed by atoms with Crippen LogP contribution in [-0.4, -0.2) is 130 Å². The molecule has 10 unspecified atom stereocenters. The van der Waals surface area contributed by atoms with Crippen LogP contribution in [0, 0.1) is 0 Å². The summed E-state index contributed by atoms with van der Waals surface area (Å²) in [6.07, 6.45) is 3.87. The summed E-state index contributed by atoms with van der Waals surface area (Å²) >= 11 is 0. The zero-order chi connectivity index (χ0) is 39.0. The van der Waals surface area contributed by atoms with Gasteiger partial charge in [0.15, 0.2) is 18.7 Å². The molecule has 2 aliphatic rings. The van der Waals surface area contributed by atoms with Gasteiger partial charge in [0, 0.05) is 26.2 Å². The quantitative estimate of drug-likeness (QED) is 0.0472. The summed E-state index contributed by atoms with van der Waals surface area (Å²) in [6, 6.07) is 0. The minimum Gasteiger partial charge on any atom is -0.481 e. The Morgan fingerprint density at radius 1 is 0.774 bits per heavy atom. The third-order valence-corrected chi connectivity index (χ3v) is 9.64. The SMILES string of the molecule is CCCCCC(O)CC(=O)OC1C(O)CC(CO)OC1OC1C(O)CC(OCC(O)CCCCCCCCCCCCCC(=O)O)OC1COC(C)=O. The molecule has 0 aliphatic carbocycles. The lowest BCUT2D eigenvalue weighted by molar-refractivity contribution is -0.333. The first-order valence-electron chi connectivity index (χ1n) is 19.9. The molecule has 2 rings (SSSR count). The van der Waals surface area contributed by atoms with Crippen molar-refractivity contribution in [3.63, 3.8) is 0 Å². The number of carboxylic acids is 1. The second-order valence-electron chi connectivity index (χ2n) is 14.5. The average molecular weight is 765 g/mol. The fraction of sp³-hybridized carbons (Fsp3) is 0.921. The van der Waals surface area contributed by atoms with Crippen molar-refractivity contribution < 1.29 is 73.4 Å². The Kier molecular flexibility index (Phi) is 24.6. The number of carboxylic acid groups (broad SMARTS) is 1. The second kappa shape index (κ2) is 27.6. The molecule has 2 saturated heterocycles. The van der Waals surface area contributed by atoms with Crippen LogP contribution in [0.1, 0.15) is 142 Å². The molecule has 0 aromatic rings. The largest absolute Gasteiger partial charge is 0.481 e. The number of hydrogen-bond donors (Lipinski definition) is 6. The van der Waals surface area contributed by atoms with Gasteiger partial charge in [0.05, 0.1) is 50.2 Å². The van der Waals surface area contributed by atoms with Crippen molar-refractivity contribution in [2.45, 2.75) is 204 Å². The Morgan fingerprint density at radius 3 is 1.96 bits per heavy atom. The number of ether oxygens (including phenoxy) is 6. The number of carbonyl (C=O) groups excluding carboxylic acids is 2. The minimum atomic E-state index is -1.43. The number of aliphatic carboxylic acids is 1. The Labute approximate surface area is 314 Å². The smallest absolute Gasteiger partial charge is 0.308 e. The first kappa shape index (κ1) is 47.2. The third-order valence-electron chi connectivity index (χ3n) is 9.64. The highest BCUT2D eigenvalue weighted by Gasteiger charge is 2.47. The van der Waals surface area contributed by atoms with E-state index < -0.39 is 85.9 Å². The average Bonchev–Trinajstić information content (AvgIpc) is 3.10. The van der Waals surface area contributed by atoms with E-state index in [0.29, 0.717) is 12.8 Å². The lowest BCUT2D eigenvalue weighted by Gasteiger charge is -2.44. The first-order valence-corrected chi connectivity index (χ1v) is 19.9. The molecule has 0 saturated carbocycles. The number of rotatable bonds is 29. The van der Waals surface area contributed by atoms with Crippen molar-refractivity contribution >= 4 is 17.9 Å². The monoisotopic (exact) mass is 764 g/mol. The van der Waals surface area contributed by atoms with Gasteiger partial charge in [0.25, 0.3) is 0 Å². The second-order valence-corrected chi connectivity index (χ2v) is 14.5. The van der Waals surface area contributed by atoms with E-state index >= 15 is 0 Å². The lowest BCUT2D eigenvalue weighted by atomic mass is 9.99. The molecule has 0 radical (unpaired) electrons. The van der Waals surface area contributed by atoms with Gasteiger partial charge in [0.1, 0.15) is 18.8 Å². The topological polar surface area (TPSA) is 228 Å². The van der Waals surface area contributed by atoms with Gasteiger partial charge in [-0.2, -0.15) is 0 Å². The molecule has 0 amide bonds. The maximum Gasteiger partial charge on any atom is 0.308 e. The fourth-order valence-corrected chi connectivity index (χ4v) is 6.62. The maximum atomic E-state index is 12.7. The van der Waals surface area contributed by atoms with E-state index in [9.17, 15) is 39.9 Å². The van der Waals surface area contributed by atoms with Crippen LogP contribution in [0.25, 0.3) is 0 Å². The van der Waals surface area contributed by atoms with Gasteiger partial charge < -0.3 is 59.1 Å². The molecule has 2 aliphatic heterocycles. The van der Waals surface area contributed by atoms with Crippen LogP contribution in [-0.2, 0) is 42.8 Å². The number of aliphatic hydroxyl groups excluding tert-OH is 5. The number of esters is 2. The molecule has 53 heavy (non-hydrogen) atoms. The van der Waals surface area contributed by atoms with Gasteiger partial charge in [-0.3, -0.25) is 14.4 Å². The molecule has 15 nitrogen and oxygen atoms in total. The number of unbranched alkanes of at least 4 members (excludes halogenated alkanes) is 12. The van der Waals surface area contributed by atoms with Crippen molar-refractivity contribution in [3.8, 4) is 0 Å². The molecule has 2 heterocycles. The molecule has 15 heteroatoms. The van der Waals surface area contributed by atoms with E-state index in [0.717, 1.165) is 77.0 Å². The lowest BCUT2D eigenvalue weighted by Crippen LogP contribution is -2.59. The summed E-state index contributed by atoms with van der Waals surface area (Å²) in [5, 5.41) is 61.3. The molecular formula is C38H68O15. The summed E-state index contributed by atoms with van der Waals surface area (Å²) in [6.45, 7) is 2.44. The van der Waals surface area contributed by atoms with Crippen LogP contribution >= 0.6 is 0 Å². The first-order chi connectivity index (χ1) is 25.4. The summed E-state index contributed by atoms with van der Waals surface area (Å²) in [5.41, 5.74) is 0. The molecular weight excluding hydrogens is 696 g/mol. The summed E-state index contributed by atoms with van der Waals surface area (Å²) < 4.78 is 34.4. The molecule has 0 aromatic carbocycles. The molecule has 2 fully saturated rings. The van der Waals surface area contributed by atoms with Crippen LogP contribution in [0.3, 0.4) is 0 Å². The van der Waals surface area contributed by atoms with Crippen LogP contribution in [0.2, 0.25) is 0 Å². The van der Waals surface area contributed by atoms with Crippen LogP contribution < -0.4 is 0 Å². The number of aliphatic hydroxyl groups is 5. The Balaban J connectivity index is 1.82. The highest BCUT2D eigenvalue weighted by atomic mass is 16.7. The van der Waals surface area contributed by atoms with Crippen LogP contribution in [0.4, 0.5) is 0 Å². The molecule has 0 bridgehead atoms. The third kappa shape index (κ3) is 20.5. The zero-order valence-electron chi connectivity index (χ0n) is 31.9. The summed E-state index contributed by atoms with van der Waals surface area (Å²) in [4.78, 5) is 35.0. The van der Waals surface area contributed by atoms with E-state index in [1.165, 1.54) is 19.8 Å². The van der Waals surface area contributed by atoms with Gasteiger partial charge in [-0.25, -0.2) is 0 Å². The van der Waals surface area contributed by atoms with Gasteiger partial charge in [-0.15, -0.1) is 0 Å². The van der Waals surface area contributed by atoms with Crippen LogP contribution in [0.5, 0.6) is 0 Å². The van der Waals surface area contributed by atoms with E-state index in [2.05, 4.69) is 0 Å². The summed E-state index contributed by atoms with van der Waals surface area (Å²) in [7, 11) is 0. The van der Waals surface area contributed by atoms with Crippen molar-refractivity contribution in [2.75, 3.05) is 19.8 Å². The normalized spacial score (nSPS) is 27.2.